The van der Waals surface area contributed by atoms with Crippen molar-refractivity contribution >= 4 is 11.3 Å². The Kier molecular flexibility index (Phi) is 4.74. The van der Waals surface area contributed by atoms with Crippen LogP contribution >= 0.6 is 11.3 Å². The van der Waals surface area contributed by atoms with Crippen LogP contribution in [0.25, 0.3) is 0 Å². The van der Waals surface area contributed by atoms with Crippen LogP contribution in [0.15, 0.2) is 5.38 Å². The lowest BCUT2D eigenvalue weighted by atomic mass is 10.0. The molecule has 0 aliphatic rings. The van der Waals surface area contributed by atoms with Crippen LogP contribution in [0.3, 0.4) is 0 Å². The molecular formula is C12H21NOS. The van der Waals surface area contributed by atoms with E-state index in [0.29, 0.717) is 0 Å². The first-order valence-electron chi connectivity index (χ1n) is 5.75. The Labute approximate surface area is 96.7 Å². The van der Waals surface area contributed by atoms with Gasteiger partial charge in [-0.1, -0.05) is 20.3 Å². The molecule has 0 radical (unpaired) electrons. The van der Waals surface area contributed by atoms with Crippen molar-refractivity contribution in [3.8, 4) is 0 Å². The third kappa shape index (κ3) is 3.02. The standard InChI is InChI=1S/C12H21NOS/c1-5-8-10-9-15-11(13-10)12(4,6-2)14-7-3/h9H,5-8H2,1-4H3. The second kappa shape index (κ2) is 5.61. The van der Waals surface area contributed by atoms with E-state index in [1.165, 1.54) is 5.69 Å². The highest BCUT2D eigenvalue weighted by molar-refractivity contribution is 7.09. The summed E-state index contributed by atoms with van der Waals surface area (Å²) >= 11 is 1.72. The van der Waals surface area contributed by atoms with Crippen LogP contribution in [0.1, 0.15) is 51.2 Å². The van der Waals surface area contributed by atoms with Crippen LogP contribution in [-0.4, -0.2) is 11.6 Å². The van der Waals surface area contributed by atoms with Crippen LogP contribution in [0.5, 0.6) is 0 Å². The third-order valence-corrected chi connectivity index (χ3v) is 3.78. The summed E-state index contributed by atoms with van der Waals surface area (Å²) in [5, 5.41) is 3.28. The van der Waals surface area contributed by atoms with Gasteiger partial charge in [0.15, 0.2) is 0 Å². The molecule has 1 rings (SSSR count). The van der Waals surface area contributed by atoms with E-state index in [4.69, 9.17) is 4.74 Å². The summed E-state index contributed by atoms with van der Waals surface area (Å²) in [4.78, 5) is 4.66. The Bertz CT molecular complexity index is 298. The van der Waals surface area contributed by atoms with Crippen LogP contribution < -0.4 is 0 Å². The molecule has 0 N–H and O–H groups in total. The Balaban J connectivity index is 2.82. The van der Waals surface area contributed by atoms with E-state index in [0.717, 1.165) is 30.9 Å². The summed E-state index contributed by atoms with van der Waals surface area (Å²) in [6, 6.07) is 0. The van der Waals surface area contributed by atoms with Crippen LogP contribution in [0.4, 0.5) is 0 Å². The molecule has 0 saturated heterocycles. The monoisotopic (exact) mass is 227 g/mol. The number of hydrogen-bond donors (Lipinski definition) is 0. The lowest BCUT2D eigenvalue weighted by Crippen LogP contribution is -2.24. The van der Waals surface area contributed by atoms with Gasteiger partial charge in [-0.15, -0.1) is 11.3 Å². The second-order valence-corrected chi connectivity index (χ2v) is 4.77. The molecule has 86 valence electrons. The maximum absolute atomic E-state index is 5.80. The molecule has 3 heteroatoms. The third-order valence-electron chi connectivity index (χ3n) is 2.65. The van der Waals surface area contributed by atoms with Crippen molar-refractivity contribution in [3.05, 3.63) is 16.1 Å². The van der Waals surface area contributed by atoms with Crippen molar-refractivity contribution in [2.24, 2.45) is 0 Å². The number of rotatable bonds is 6. The van der Waals surface area contributed by atoms with E-state index in [1.807, 2.05) is 6.92 Å². The molecule has 1 atom stereocenters. The van der Waals surface area contributed by atoms with Gasteiger partial charge in [-0.3, -0.25) is 0 Å². The fraction of sp³-hybridized carbons (Fsp3) is 0.750. The number of thiazole rings is 1. The van der Waals surface area contributed by atoms with Gasteiger partial charge in [0.05, 0.1) is 5.69 Å². The Morgan fingerprint density at radius 1 is 1.40 bits per heavy atom. The van der Waals surface area contributed by atoms with Crippen LogP contribution in [0.2, 0.25) is 0 Å². The van der Waals surface area contributed by atoms with E-state index in [2.05, 4.69) is 31.1 Å². The van der Waals surface area contributed by atoms with Gasteiger partial charge in [0.25, 0.3) is 0 Å². The van der Waals surface area contributed by atoms with Gasteiger partial charge in [-0.25, -0.2) is 4.98 Å². The van der Waals surface area contributed by atoms with Gasteiger partial charge in [-0.05, 0) is 26.7 Å². The molecule has 1 unspecified atom stereocenters. The molecule has 0 saturated carbocycles. The molecular weight excluding hydrogens is 206 g/mol. The van der Waals surface area contributed by atoms with Gasteiger partial charge < -0.3 is 4.74 Å². The molecule has 0 spiro atoms. The number of ether oxygens (including phenoxy) is 1. The summed E-state index contributed by atoms with van der Waals surface area (Å²) in [6.45, 7) is 9.24. The fourth-order valence-corrected chi connectivity index (χ4v) is 2.60. The van der Waals surface area contributed by atoms with Crippen molar-refractivity contribution < 1.29 is 4.74 Å². The van der Waals surface area contributed by atoms with E-state index in [1.54, 1.807) is 11.3 Å². The minimum atomic E-state index is -0.189. The first-order chi connectivity index (χ1) is 7.16. The summed E-state index contributed by atoms with van der Waals surface area (Å²) in [5.41, 5.74) is 1.02. The number of aromatic nitrogens is 1. The minimum absolute atomic E-state index is 0.189. The average Bonchev–Trinajstić information content (AvgIpc) is 2.68. The van der Waals surface area contributed by atoms with Gasteiger partial charge in [0.1, 0.15) is 10.6 Å². The van der Waals surface area contributed by atoms with Crippen molar-refractivity contribution in [3.63, 3.8) is 0 Å². The minimum Gasteiger partial charge on any atom is -0.368 e. The molecule has 0 amide bonds. The highest BCUT2D eigenvalue weighted by Gasteiger charge is 2.28. The zero-order valence-corrected chi connectivity index (χ0v) is 11.0. The Hall–Kier alpha value is -0.410. The molecule has 15 heavy (non-hydrogen) atoms. The van der Waals surface area contributed by atoms with Gasteiger partial charge in [-0.2, -0.15) is 0 Å². The Morgan fingerprint density at radius 3 is 2.67 bits per heavy atom. The Morgan fingerprint density at radius 2 is 2.13 bits per heavy atom. The predicted molar refractivity (Wildman–Crippen MR) is 65.4 cm³/mol. The van der Waals surface area contributed by atoms with Crippen molar-refractivity contribution in [2.75, 3.05) is 6.61 Å². The first kappa shape index (κ1) is 12.7. The lowest BCUT2D eigenvalue weighted by molar-refractivity contribution is -0.0325. The second-order valence-electron chi connectivity index (χ2n) is 3.91. The molecule has 1 aromatic rings. The lowest BCUT2D eigenvalue weighted by Gasteiger charge is -2.25. The maximum atomic E-state index is 5.80. The normalized spacial score (nSPS) is 15.2. The highest BCUT2D eigenvalue weighted by Crippen LogP contribution is 2.31. The highest BCUT2D eigenvalue weighted by atomic mass is 32.1. The van der Waals surface area contributed by atoms with E-state index >= 15 is 0 Å². The zero-order chi connectivity index (χ0) is 11.3. The summed E-state index contributed by atoms with van der Waals surface area (Å²) < 4.78 is 5.80. The molecule has 0 fully saturated rings. The van der Waals surface area contributed by atoms with E-state index in [-0.39, 0.29) is 5.60 Å². The van der Waals surface area contributed by atoms with Gasteiger partial charge in [0, 0.05) is 12.0 Å². The number of nitrogens with zero attached hydrogens (tertiary/aromatic N) is 1. The average molecular weight is 227 g/mol. The van der Waals surface area contributed by atoms with Gasteiger partial charge >= 0.3 is 0 Å². The summed E-state index contributed by atoms with van der Waals surface area (Å²) in [6.07, 6.45) is 3.20. The quantitative estimate of drug-likeness (QED) is 0.738. The van der Waals surface area contributed by atoms with Gasteiger partial charge in [0.2, 0.25) is 0 Å². The van der Waals surface area contributed by atoms with Crippen LogP contribution in [0, 0.1) is 0 Å². The van der Waals surface area contributed by atoms with E-state index in [9.17, 15) is 0 Å². The van der Waals surface area contributed by atoms with E-state index < -0.39 is 0 Å². The SMILES string of the molecule is CCCc1csc(C(C)(CC)OCC)n1. The van der Waals surface area contributed by atoms with Crippen molar-refractivity contribution in [1.82, 2.24) is 4.98 Å². The first-order valence-corrected chi connectivity index (χ1v) is 6.63. The molecule has 2 nitrogen and oxygen atoms in total. The summed E-state index contributed by atoms with van der Waals surface area (Å²) in [7, 11) is 0. The largest absolute Gasteiger partial charge is 0.368 e. The topological polar surface area (TPSA) is 22.1 Å². The van der Waals surface area contributed by atoms with Crippen molar-refractivity contribution in [1.29, 1.82) is 0 Å². The molecule has 0 aliphatic carbocycles. The number of hydrogen-bond acceptors (Lipinski definition) is 3. The maximum Gasteiger partial charge on any atom is 0.125 e. The van der Waals surface area contributed by atoms with Crippen molar-refractivity contribution in [2.45, 2.75) is 52.6 Å². The summed E-state index contributed by atoms with van der Waals surface area (Å²) in [5.74, 6) is 0. The molecule has 0 aliphatic heterocycles. The zero-order valence-electron chi connectivity index (χ0n) is 10.2. The molecule has 1 heterocycles. The predicted octanol–water partition coefficient (Wildman–Crippen LogP) is 3.76. The van der Waals surface area contributed by atoms with Crippen LogP contribution in [-0.2, 0) is 16.8 Å². The smallest absolute Gasteiger partial charge is 0.125 e. The molecule has 0 aromatic carbocycles. The number of aryl methyl sites for hydroxylation is 1. The fourth-order valence-electron chi connectivity index (χ4n) is 1.55. The molecule has 1 aromatic heterocycles. The molecule has 0 bridgehead atoms.